The SMILES string of the molecule is CCCC(CCC)C(=O)N(CC)CC. The normalized spacial score (nSPS) is 10.6. The van der Waals surface area contributed by atoms with Crippen LogP contribution < -0.4 is 0 Å². The van der Waals surface area contributed by atoms with Crippen molar-refractivity contribution in [2.75, 3.05) is 13.1 Å². The van der Waals surface area contributed by atoms with Crippen molar-refractivity contribution < 1.29 is 4.79 Å². The standard InChI is InChI=1S/C12H25NO/c1-5-9-11(10-6-2)12(14)13(7-3)8-4/h11H,5-10H2,1-4H3. The lowest BCUT2D eigenvalue weighted by molar-refractivity contribution is -0.135. The Bertz CT molecular complexity index is 146. The van der Waals surface area contributed by atoms with Gasteiger partial charge in [0.1, 0.15) is 0 Å². The minimum atomic E-state index is 0.268. The molecule has 0 aromatic rings. The zero-order valence-corrected chi connectivity index (χ0v) is 10.2. The Kier molecular flexibility index (Phi) is 7.54. The highest BCUT2D eigenvalue weighted by atomic mass is 16.2. The summed E-state index contributed by atoms with van der Waals surface area (Å²) in [5.74, 6) is 0.628. The molecule has 0 spiro atoms. The Hall–Kier alpha value is -0.530. The van der Waals surface area contributed by atoms with Gasteiger partial charge in [0.15, 0.2) is 0 Å². The number of hydrogen-bond acceptors (Lipinski definition) is 1. The molecule has 14 heavy (non-hydrogen) atoms. The molecule has 2 nitrogen and oxygen atoms in total. The van der Waals surface area contributed by atoms with Crippen LogP contribution in [0.1, 0.15) is 53.4 Å². The number of amides is 1. The van der Waals surface area contributed by atoms with Gasteiger partial charge in [0, 0.05) is 19.0 Å². The summed E-state index contributed by atoms with van der Waals surface area (Å²) in [6, 6.07) is 0. The van der Waals surface area contributed by atoms with Crippen molar-refractivity contribution in [2.45, 2.75) is 53.4 Å². The first kappa shape index (κ1) is 13.5. The highest BCUT2D eigenvalue weighted by molar-refractivity contribution is 5.78. The predicted octanol–water partition coefficient (Wildman–Crippen LogP) is 3.07. The van der Waals surface area contributed by atoms with Crippen LogP contribution in [0.15, 0.2) is 0 Å². The van der Waals surface area contributed by atoms with E-state index < -0.39 is 0 Å². The van der Waals surface area contributed by atoms with Crippen LogP contribution in [-0.2, 0) is 4.79 Å². The second-order valence-corrected chi connectivity index (χ2v) is 3.78. The van der Waals surface area contributed by atoms with Gasteiger partial charge in [-0.1, -0.05) is 26.7 Å². The Morgan fingerprint density at radius 2 is 1.43 bits per heavy atom. The Labute approximate surface area is 88.7 Å². The summed E-state index contributed by atoms with van der Waals surface area (Å²) >= 11 is 0. The van der Waals surface area contributed by atoms with E-state index in [1.54, 1.807) is 0 Å². The van der Waals surface area contributed by atoms with Crippen molar-refractivity contribution in [3.63, 3.8) is 0 Å². The third-order valence-corrected chi connectivity index (χ3v) is 2.70. The second-order valence-electron chi connectivity index (χ2n) is 3.78. The molecule has 84 valence electrons. The van der Waals surface area contributed by atoms with E-state index in [-0.39, 0.29) is 5.92 Å². The summed E-state index contributed by atoms with van der Waals surface area (Å²) in [4.78, 5) is 14.0. The average molecular weight is 199 g/mol. The monoisotopic (exact) mass is 199 g/mol. The van der Waals surface area contributed by atoms with E-state index in [9.17, 15) is 4.79 Å². The fourth-order valence-corrected chi connectivity index (χ4v) is 1.88. The molecule has 0 fully saturated rings. The quantitative estimate of drug-likeness (QED) is 0.617. The predicted molar refractivity (Wildman–Crippen MR) is 61.2 cm³/mol. The van der Waals surface area contributed by atoms with Crippen LogP contribution in [0, 0.1) is 5.92 Å². The number of nitrogens with zero attached hydrogens (tertiary/aromatic N) is 1. The van der Waals surface area contributed by atoms with Gasteiger partial charge < -0.3 is 4.90 Å². The van der Waals surface area contributed by atoms with E-state index in [0.29, 0.717) is 5.91 Å². The Balaban J connectivity index is 4.24. The van der Waals surface area contributed by atoms with Gasteiger partial charge in [-0.15, -0.1) is 0 Å². The molecular formula is C12H25NO. The molecule has 0 saturated carbocycles. The molecule has 0 aromatic heterocycles. The second kappa shape index (κ2) is 7.84. The van der Waals surface area contributed by atoms with Crippen LogP contribution in [0.5, 0.6) is 0 Å². The molecule has 0 rings (SSSR count). The van der Waals surface area contributed by atoms with Crippen LogP contribution in [0.4, 0.5) is 0 Å². The van der Waals surface area contributed by atoms with Crippen molar-refractivity contribution in [1.29, 1.82) is 0 Å². The zero-order valence-electron chi connectivity index (χ0n) is 10.2. The van der Waals surface area contributed by atoms with Crippen molar-refractivity contribution in [3.8, 4) is 0 Å². The van der Waals surface area contributed by atoms with Crippen molar-refractivity contribution in [2.24, 2.45) is 5.92 Å². The van der Waals surface area contributed by atoms with E-state index in [1.165, 1.54) is 0 Å². The Morgan fingerprint density at radius 3 is 1.71 bits per heavy atom. The molecule has 0 aliphatic carbocycles. The minimum Gasteiger partial charge on any atom is -0.343 e. The third kappa shape index (κ3) is 4.12. The first-order valence-electron chi connectivity index (χ1n) is 5.99. The lowest BCUT2D eigenvalue weighted by atomic mass is 9.97. The zero-order chi connectivity index (χ0) is 11.0. The number of rotatable bonds is 7. The summed E-state index contributed by atoms with van der Waals surface area (Å²) in [5, 5.41) is 0. The molecule has 2 heteroatoms. The van der Waals surface area contributed by atoms with Gasteiger partial charge >= 0.3 is 0 Å². The molecule has 0 N–H and O–H groups in total. The molecule has 0 heterocycles. The van der Waals surface area contributed by atoms with Crippen molar-refractivity contribution in [3.05, 3.63) is 0 Å². The van der Waals surface area contributed by atoms with Crippen LogP contribution in [0.2, 0.25) is 0 Å². The fourth-order valence-electron chi connectivity index (χ4n) is 1.88. The van der Waals surface area contributed by atoms with Crippen LogP contribution in [-0.4, -0.2) is 23.9 Å². The first-order chi connectivity index (χ1) is 6.71. The van der Waals surface area contributed by atoms with Crippen LogP contribution >= 0.6 is 0 Å². The van der Waals surface area contributed by atoms with E-state index in [2.05, 4.69) is 27.7 Å². The molecule has 0 radical (unpaired) electrons. The van der Waals surface area contributed by atoms with Crippen molar-refractivity contribution >= 4 is 5.91 Å². The summed E-state index contributed by atoms with van der Waals surface area (Å²) in [5.41, 5.74) is 0. The smallest absolute Gasteiger partial charge is 0.225 e. The lowest BCUT2D eigenvalue weighted by Crippen LogP contribution is -2.35. The fraction of sp³-hybridized carbons (Fsp3) is 0.917. The van der Waals surface area contributed by atoms with Gasteiger partial charge in [-0.05, 0) is 26.7 Å². The van der Waals surface area contributed by atoms with Gasteiger partial charge in [-0.3, -0.25) is 4.79 Å². The number of carbonyl (C=O) groups excluding carboxylic acids is 1. The maximum Gasteiger partial charge on any atom is 0.225 e. The summed E-state index contributed by atoms with van der Waals surface area (Å²) in [7, 11) is 0. The number of carbonyl (C=O) groups is 1. The molecule has 0 aromatic carbocycles. The van der Waals surface area contributed by atoms with Gasteiger partial charge in [-0.25, -0.2) is 0 Å². The molecule has 1 amide bonds. The van der Waals surface area contributed by atoms with E-state index in [0.717, 1.165) is 38.8 Å². The molecule has 0 saturated heterocycles. The molecule has 0 aliphatic rings. The summed E-state index contributed by atoms with van der Waals surface area (Å²) < 4.78 is 0. The first-order valence-corrected chi connectivity index (χ1v) is 5.99. The highest BCUT2D eigenvalue weighted by Gasteiger charge is 2.20. The highest BCUT2D eigenvalue weighted by Crippen LogP contribution is 2.16. The van der Waals surface area contributed by atoms with Gasteiger partial charge in [0.2, 0.25) is 5.91 Å². The van der Waals surface area contributed by atoms with E-state index in [1.807, 2.05) is 4.90 Å². The van der Waals surface area contributed by atoms with Crippen LogP contribution in [0.3, 0.4) is 0 Å². The average Bonchev–Trinajstić information content (AvgIpc) is 2.19. The number of hydrogen-bond donors (Lipinski definition) is 0. The van der Waals surface area contributed by atoms with Gasteiger partial charge in [0.05, 0.1) is 0 Å². The molecular weight excluding hydrogens is 174 g/mol. The van der Waals surface area contributed by atoms with Gasteiger partial charge in [0.25, 0.3) is 0 Å². The molecule has 0 unspecified atom stereocenters. The third-order valence-electron chi connectivity index (χ3n) is 2.70. The lowest BCUT2D eigenvalue weighted by Gasteiger charge is -2.24. The topological polar surface area (TPSA) is 20.3 Å². The molecule has 0 atom stereocenters. The largest absolute Gasteiger partial charge is 0.343 e. The van der Waals surface area contributed by atoms with E-state index >= 15 is 0 Å². The maximum atomic E-state index is 12.0. The maximum absolute atomic E-state index is 12.0. The molecule has 0 bridgehead atoms. The molecule has 0 aliphatic heterocycles. The van der Waals surface area contributed by atoms with Crippen molar-refractivity contribution in [1.82, 2.24) is 4.90 Å². The van der Waals surface area contributed by atoms with Gasteiger partial charge in [-0.2, -0.15) is 0 Å². The van der Waals surface area contributed by atoms with Crippen LogP contribution in [0.25, 0.3) is 0 Å². The summed E-state index contributed by atoms with van der Waals surface area (Å²) in [6.07, 6.45) is 4.31. The Morgan fingerprint density at radius 1 is 1.00 bits per heavy atom. The minimum absolute atomic E-state index is 0.268. The van der Waals surface area contributed by atoms with E-state index in [4.69, 9.17) is 0 Å². The summed E-state index contributed by atoms with van der Waals surface area (Å²) in [6.45, 7) is 10.1.